The zero-order valence-electron chi connectivity index (χ0n) is 14.7. The Morgan fingerprint density at radius 2 is 1.84 bits per heavy atom. The van der Waals surface area contributed by atoms with Gasteiger partial charge in [-0.2, -0.15) is 0 Å². The fourth-order valence-corrected chi connectivity index (χ4v) is 3.13. The van der Waals surface area contributed by atoms with Crippen LogP contribution in [0.4, 0.5) is 5.95 Å². The highest BCUT2D eigenvalue weighted by atomic mass is 16.1. The van der Waals surface area contributed by atoms with E-state index in [0.29, 0.717) is 18.2 Å². The Labute approximate surface area is 148 Å². The summed E-state index contributed by atoms with van der Waals surface area (Å²) in [5.74, 6) is 0.368. The zero-order valence-corrected chi connectivity index (χ0v) is 14.7. The molecule has 0 spiro atoms. The van der Waals surface area contributed by atoms with E-state index in [0.717, 1.165) is 24.1 Å². The molecule has 2 heterocycles. The summed E-state index contributed by atoms with van der Waals surface area (Å²) < 4.78 is 0. The van der Waals surface area contributed by atoms with E-state index in [9.17, 15) is 4.79 Å². The van der Waals surface area contributed by atoms with E-state index in [4.69, 9.17) is 0 Å². The van der Waals surface area contributed by atoms with E-state index < -0.39 is 0 Å². The number of nitrogens with zero attached hydrogens (tertiary/aromatic N) is 3. The number of rotatable bonds is 5. The van der Waals surface area contributed by atoms with Crippen molar-refractivity contribution < 1.29 is 4.79 Å². The average molecular weight is 339 g/mol. The molecule has 1 amide bonds. The predicted octanol–water partition coefficient (Wildman–Crippen LogP) is 3.24. The number of amides is 1. The first-order valence-electron chi connectivity index (χ1n) is 9.00. The lowest BCUT2D eigenvalue weighted by atomic mass is 10.1. The van der Waals surface area contributed by atoms with E-state index in [1.54, 1.807) is 18.5 Å². The third kappa shape index (κ3) is 5.24. The highest BCUT2D eigenvalue weighted by molar-refractivity contribution is 5.92. The van der Waals surface area contributed by atoms with Gasteiger partial charge in [0.05, 0.1) is 0 Å². The van der Waals surface area contributed by atoms with Gasteiger partial charge in [0.2, 0.25) is 5.95 Å². The maximum absolute atomic E-state index is 12.6. The molecule has 2 aromatic rings. The summed E-state index contributed by atoms with van der Waals surface area (Å²) in [6.45, 7) is 2.47. The minimum absolute atomic E-state index is 0.107. The topological polar surface area (TPSA) is 79.8 Å². The molecule has 0 atom stereocenters. The molecule has 6 heteroatoms. The van der Waals surface area contributed by atoms with Crippen molar-refractivity contribution >= 4 is 11.9 Å². The van der Waals surface area contributed by atoms with E-state index in [2.05, 4.69) is 25.6 Å². The number of carbonyl (C=O) groups excluding carboxylic acids is 1. The van der Waals surface area contributed by atoms with Gasteiger partial charge in [-0.25, -0.2) is 9.97 Å². The molecule has 6 nitrogen and oxygen atoms in total. The Morgan fingerprint density at radius 3 is 2.56 bits per heavy atom. The third-order valence-electron chi connectivity index (χ3n) is 4.48. The molecule has 1 saturated carbocycles. The van der Waals surface area contributed by atoms with Gasteiger partial charge in [0.25, 0.3) is 5.91 Å². The second kappa shape index (κ2) is 8.55. The third-order valence-corrected chi connectivity index (χ3v) is 4.48. The number of nitrogens with one attached hydrogen (secondary N) is 2. The Kier molecular flexibility index (Phi) is 5.93. The van der Waals surface area contributed by atoms with Gasteiger partial charge in [-0.05, 0) is 43.5 Å². The molecule has 0 radical (unpaired) electrons. The fourth-order valence-electron chi connectivity index (χ4n) is 3.13. The van der Waals surface area contributed by atoms with Crippen LogP contribution in [0.25, 0.3) is 0 Å². The van der Waals surface area contributed by atoms with Crippen LogP contribution in [0.1, 0.15) is 60.3 Å². The Balaban J connectivity index is 1.64. The molecule has 0 aliphatic heterocycles. The Morgan fingerprint density at radius 1 is 1.12 bits per heavy atom. The van der Waals surface area contributed by atoms with Gasteiger partial charge in [-0.15, -0.1) is 0 Å². The lowest BCUT2D eigenvalue weighted by Gasteiger charge is -2.16. The molecule has 1 aliphatic carbocycles. The van der Waals surface area contributed by atoms with Crippen LogP contribution in [-0.4, -0.2) is 26.9 Å². The van der Waals surface area contributed by atoms with Crippen molar-refractivity contribution in [3.05, 3.63) is 47.5 Å². The highest BCUT2D eigenvalue weighted by Gasteiger charge is 2.17. The number of carbonyl (C=O) groups is 1. The second-order valence-electron chi connectivity index (χ2n) is 6.59. The van der Waals surface area contributed by atoms with Crippen molar-refractivity contribution in [2.75, 3.05) is 5.32 Å². The van der Waals surface area contributed by atoms with Gasteiger partial charge in [-0.1, -0.05) is 25.7 Å². The smallest absolute Gasteiger partial charge is 0.270 e. The molecule has 1 aliphatic rings. The molecule has 1 fully saturated rings. The van der Waals surface area contributed by atoms with Gasteiger partial charge in [0.15, 0.2) is 0 Å². The Hall–Kier alpha value is -2.50. The summed E-state index contributed by atoms with van der Waals surface area (Å²) in [5, 5.41) is 6.32. The van der Waals surface area contributed by atoms with Crippen LogP contribution in [0.2, 0.25) is 0 Å². The van der Waals surface area contributed by atoms with Crippen molar-refractivity contribution in [1.29, 1.82) is 0 Å². The van der Waals surface area contributed by atoms with Crippen molar-refractivity contribution in [2.45, 2.75) is 58.0 Å². The number of pyridine rings is 1. The van der Waals surface area contributed by atoms with Gasteiger partial charge < -0.3 is 10.6 Å². The highest BCUT2D eigenvalue weighted by Crippen LogP contribution is 2.17. The summed E-state index contributed by atoms with van der Waals surface area (Å²) in [6.07, 6.45) is 10.5. The van der Waals surface area contributed by atoms with E-state index in [1.807, 2.05) is 19.1 Å². The first-order valence-corrected chi connectivity index (χ1v) is 9.00. The SMILES string of the molecule is Cc1cc(C(=O)NC2CCCCCC2)nc(NCc2ccncc2)n1. The molecule has 2 N–H and O–H groups in total. The van der Waals surface area contributed by atoms with Crippen molar-refractivity contribution in [1.82, 2.24) is 20.3 Å². The van der Waals surface area contributed by atoms with Crippen LogP contribution in [0.15, 0.2) is 30.6 Å². The van der Waals surface area contributed by atoms with Crippen molar-refractivity contribution in [2.24, 2.45) is 0 Å². The van der Waals surface area contributed by atoms with Gasteiger partial charge in [0, 0.05) is 30.7 Å². The molecule has 3 rings (SSSR count). The molecule has 2 aromatic heterocycles. The van der Waals surface area contributed by atoms with E-state index in [-0.39, 0.29) is 11.9 Å². The zero-order chi connectivity index (χ0) is 17.5. The van der Waals surface area contributed by atoms with Crippen molar-refractivity contribution in [3.8, 4) is 0 Å². The average Bonchev–Trinajstić information content (AvgIpc) is 2.89. The summed E-state index contributed by atoms with van der Waals surface area (Å²) in [6, 6.07) is 5.87. The summed E-state index contributed by atoms with van der Waals surface area (Å²) in [4.78, 5) is 25.3. The molecule has 25 heavy (non-hydrogen) atoms. The normalized spacial score (nSPS) is 15.4. The number of hydrogen-bond donors (Lipinski definition) is 2. The summed E-state index contributed by atoms with van der Waals surface area (Å²) in [5.41, 5.74) is 2.29. The van der Waals surface area contributed by atoms with Crippen molar-refractivity contribution in [3.63, 3.8) is 0 Å². The largest absolute Gasteiger partial charge is 0.350 e. The van der Waals surface area contributed by atoms with Crippen LogP contribution in [0, 0.1) is 6.92 Å². The van der Waals surface area contributed by atoms with E-state index in [1.165, 1.54) is 25.7 Å². The molecular formula is C19H25N5O. The van der Waals surface area contributed by atoms with Gasteiger partial charge in [-0.3, -0.25) is 9.78 Å². The van der Waals surface area contributed by atoms with Crippen LogP contribution < -0.4 is 10.6 Å². The van der Waals surface area contributed by atoms with Gasteiger partial charge in [0.1, 0.15) is 5.69 Å². The Bertz CT molecular complexity index is 696. The molecular weight excluding hydrogens is 314 g/mol. The molecule has 0 unspecified atom stereocenters. The lowest BCUT2D eigenvalue weighted by molar-refractivity contribution is 0.0928. The summed E-state index contributed by atoms with van der Waals surface area (Å²) in [7, 11) is 0. The first kappa shape index (κ1) is 17.3. The maximum Gasteiger partial charge on any atom is 0.270 e. The number of anilines is 1. The number of aryl methyl sites for hydroxylation is 1. The number of aromatic nitrogens is 3. The lowest BCUT2D eigenvalue weighted by Crippen LogP contribution is -2.35. The summed E-state index contributed by atoms with van der Waals surface area (Å²) >= 11 is 0. The molecule has 0 aromatic carbocycles. The first-order chi connectivity index (χ1) is 12.2. The predicted molar refractivity (Wildman–Crippen MR) is 97.3 cm³/mol. The van der Waals surface area contributed by atoms with Crippen LogP contribution in [0.3, 0.4) is 0 Å². The minimum Gasteiger partial charge on any atom is -0.350 e. The van der Waals surface area contributed by atoms with Crippen LogP contribution in [-0.2, 0) is 6.54 Å². The molecule has 0 bridgehead atoms. The van der Waals surface area contributed by atoms with Gasteiger partial charge >= 0.3 is 0 Å². The van der Waals surface area contributed by atoms with Crippen LogP contribution >= 0.6 is 0 Å². The molecule has 132 valence electrons. The van der Waals surface area contributed by atoms with Crippen LogP contribution in [0.5, 0.6) is 0 Å². The van der Waals surface area contributed by atoms with E-state index >= 15 is 0 Å². The fraction of sp³-hybridized carbons (Fsp3) is 0.474. The quantitative estimate of drug-likeness (QED) is 0.818. The maximum atomic E-state index is 12.6. The minimum atomic E-state index is -0.107. The standard InChI is InChI=1S/C19H25N5O/c1-14-12-17(18(25)23-16-6-4-2-3-5-7-16)24-19(22-14)21-13-15-8-10-20-11-9-15/h8-12,16H,2-7,13H2,1H3,(H,23,25)(H,21,22,24). The monoisotopic (exact) mass is 339 g/mol. The second-order valence-corrected chi connectivity index (χ2v) is 6.59. The molecule has 0 saturated heterocycles. The number of hydrogen-bond acceptors (Lipinski definition) is 5.